The second kappa shape index (κ2) is 9.77. The molecular weight excluding hydrogens is 432 g/mol. The lowest BCUT2D eigenvalue weighted by Crippen LogP contribution is -2.46. The van der Waals surface area contributed by atoms with Crippen molar-refractivity contribution in [3.63, 3.8) is 0 Å². The highest BCUT2D eigenvalue weighted by atomic mass is 32.1. The van der Waals surface area contributed by atoms with E-state index in [4.69, 9.17) is 4.74 Å². The van der Waals surface area contributed by atoms with Crippen molar-refractivity contribution in [1.82, 2.24) is 15.2 Å². The first-order valence-electron chi connectivity index (χ1n) is 11.4. The Balaban J connectivity index is 1.15. The minimum atomic E-state index is -0.207. The molecule has 0 spiro atoms. The number of nitrogens with zero attached hydrogens (tertiary/aromatic N) is 3. The van der Waals surface area contributed by atoms with Crippen LogP contribution < -0.4 is 15.0 Å². The van der Waals surface area contributed by atoms with Gasteiger partial charge in [0.1, 0.15) is 11.4 Å². The van der Waals surface area contributed by atoms with Crippen molar-refractivity contribution in [3.8, 4) is 5.75 Å². The highest BCUT2D eigenvalue weighted by Gasteiger charge is 2.19. The van der Waals surface area contributed by atoms with Gasteiger partial charge in [0.15, 0.2) is 0 Å². The number of benzene rings is 2. The Morgan fingerprint density at radius 2 is 1.91 bits per heavy atom. The molecule has 7 heteroatoms. The topological polar surface area (TPSA) is 57.7 Å². The van der Waals surface area contributed by atoms with Crippen LogP contribution in [0.3, 0.4) is 0 Å². The average Bonchev–Trinajstić information content (AvgIpc) is 3.35. The molecule has 1 saturated heterocycles. The third-order valence-electron chi connectivity index (χ3n) is 6.20. The van der Waals surface area contributed by atoms with Crippen LogP contribution in [-0.2, 0) is 0 Å². The molecule has 0 radical (unpaired) electrons. The molecule has 0 atom stereocenters. The number of carbonyl (C=O) groups excluding carboxylic acids is 1. The number of piperazine rings is 1. The van der Waals surface area contributed by atoms with E-state index in [2.05, 4.69) is 49.7 Å². The van der Waals surface area contributed by atoms with E-state index in [-0.39, 0.29) is 5.91 Å². The van der Waals surface area contributed by atoms with Crippen LogP contribution in [0.1, 0.15) is 16.9 Å². The maximum absolute atomic E-state index is 12.1. The first-order valence-corrected chi connectivity index (χ1v) is 12.3. The molecule has 4 aromatic rings. The summed E-state index contributed by atoms with van der Waals surface area (Å²) >= 11 is 1.80. The smallest absolute Gasteiger partial charge is 0.269 e. The SMILES string of the molecule is CNC(=O)c1cc(OCCCN2CCN(c3cccc4sccc34)CC2)c2ccccc2n1. The lowest BCUT2D eigenvalue weighted by molar-refractivity contribution is 0.0958. The summed E-state index contributed by atoms with van der Waals surface area (Å²) in [6.45, 7) is 5.80. The summed E-state index contributed by atoms with van der Waals surface area (Å²) in [4.78, 5) is 21.6. The molecule has 1 amide bonds. The number of pyridine rings is 1. The average molecular weight is 461 g/mol. The zero-order valence-electron chi connectivity index (χ0n) is 18.8. The molecule has 1 N–H and O–H groups in total. The quantitative estimate of drug-likeness (QED) is 0.414. The molecular formula is C26H28N4O2S. The van der Waals surface area contributed by atoms with Gasteiger partial charge >= 0.3 is 0 Å². The fourth-order valence-electron chi connectivity index (χ4n) is 4.44. The second-order valence-corrected chi connectivity index (χ2v) is 9.19. The van der Waals surface area contributed by atoms with Crippen molar-refractivity contribution < 1.29 is 9.53 Å². The zero-order chi connectivity index (χ0) is 22.6. The number of fused-ring (bicyclic) bond motifs is 2. The molecule has 170 valence electrons. The minimum absolute atomic E-state index is 0.207. The number of ether oxygens (including phenoxy) is 1. The largest absolute Gasteiger partial charge is 0.493 e. The van der Waals surface area contributed by atoms with Crippen LogP contribution in [0.25, 0.3) is 21.0 Å². The Hall–Kier alpha value is -3.16. The molecule has 33 heavy (non-hydrogen) atoms. The monoisotopic (exact) mass is 460 g/mol. The maximum atomic E-state index is 12.1. The minimum Gasteiger partial charge on any atom is -0.493 e. The number of anilines is 1. The summed E-state index contributed by atoms with van der Waals surface area (Å²) in [5.41, 5.74) is 2.50. The van der Waals surface area contributed by atoms with Crippen LogP contribution in [0.4, 0.5) is 5.69 Å². The predicted octanol–water partition coefficient (Wildman–Crippen LogP) is 4.40. The van der Waals surface area contributed by atoms with E-state index in [1.54, 1.807) is 24.5 Å². The fourth-order valence-corrected chi connectivity index (χ4v) is 5.25. The van der Waals surface area contributed by atoms with Gasteiger partial charge in [0, 0.05) is 67.0 Å². The molecule has 2 aromatic heterocycles. The summed E-state index contributed by atoms with van der Waals surface area (Å²) in [5.74, 6) is 0.509. The van der Waals surface area contributed by atoms with Crippen molar-refractivity contribution in [2.75, 3.05) is 51.3 Å². The van der Waals surface area contributed by atoms with Gasteiger partial charge in [0.2, 0.25) is 0 Å². The maximum Gasteiger partial charge on any atom is 0.269 e. The molecule has 0 unspecified atom stereocenters. The number of para-hydroxylation sites is 1. The zero-order valence-corrected chi connectivity index (χ0v) is 19.6. The fraction of sp³-hybridized carbons (Fsp3) is 0.308. The summed E-state index contributed by atoms with van der Waals surface area (Å²) in [6, 6.07) is 18.4. The summed E-state index contributed by atoms with van der Waals surface area (Å²) < 4.78 is 7.48. The first-order chi connectivity index (χ1) is 16.2. The van der Waals surface area contributed by atoms with Gasteiger partial charge in [-0.15, -0.1) is 11.3 Å². The van der Waals surface area contributed by atoms with Gasteiger partial charge in [0.05, 0.1) is 12.1 Å². The van der Waals surface area contributed by atoms with Crippen LogP contribution in [0, 0.1) is 0 Å². The van der Waals surface area contributed by atoms with Gasteiger partial charge in [-0.1, -0.05) is 18.2 Å². The van der Waals surface area contributed by atoms with Crippen molar-refractivity contribution in [1.29, 1.82) is 0 Å². The Morgan fingerprint density at radius 3 is 2.76 bits per heavy atom. The van der Waals surface area contributed by atoms with Gasteiger partial charge in [-0.2, -0.15) is 0 Å². The number of rotatable bonds is 7. The van der Waals surface area contributed by atoms with Crippen LogP contribution in [0.15, 0.2) is 60.0 Å². The normalized spacial score (nSPS) is 14.6. The number of amides is 1. The summed E-state index contributed by atoms with van der Waals surface area (Å²) in [5, 5.41) is 7.11. The van der Waals surface area contributed by atoms with E-state index in [9.17, 15) is 4.79 Å². The van der Waals surface area contributed by atoms with E-state index >= 15 is 0 Å². The molecule has 3 heterocycles. The van der Waals surface area contributed by atoms with Crippen molar-refractivity contribution in [2.45, 2.75) is 6.42 Å². The van der Waals surface area contributed by atoms with Crippen LogP contribution in [0.5, 0.6) is 5.75 Å². The lowest BCUT2D eigenvalue weighted by Gasteiger charge is -2.36. The van der Waals surface area contributed by atoms with Crippen molar-refractivity contribution in [3.05, 3.63) is 65.7 Å². The number of hydrogen-bond donors (Lipinski definition) is 1. The first kappa shape index (κ1) is 21.7. The molecule has 1 aliphatic heterocycles. The third kappa shape index (κ3) is 4.65. The lowest BCUT2D eigenvalue weighted by atomic mass is 10.1. The van der Waals surface area contributed by atoms with Crippen LogP contribution >= 0.6 is 11.3 Å². The highest BCUT2D eigenvalue weighted by Crippen LogP contribution is 2.31. The Labute approximate surface area is 197 Å². The summed E-state index contributed by atoms with van der Waals surface area (Å²) in [7, 11) is 1.61. The molecule has 1 aliphatic rings. The number of hydrogen-bond acceptors (Lipinski definition) is 6. The third-order valence-corrected chi connectivity index (χ3v) is 7.08. The van der Waals surface area contributed by atoms with E-state index in [1.165, 1.54) is 15.8 Å². The Kier molecular flexibility index (Phi) is 6.41. The molecule has 0 aliphatic carbocycles. The van der Waals surface area contributed by atoms with Gasteiger partial charge in [-0.05, 0) is 42.1 Å². The molecule has 5 rings (SSSR count). The number of thiophene rings is 1. The predicted molar refractivity (Wildman–Crippen MR) is 136 cm³/mol. The standard InChI is InChI=1S/C26H28N4O2S/c1-27-26(31)22-18-24(19-6-2-3-7-21(19)28-22)32-16-5-11-29-12-14-30(15-13-29)23-8-4-9-25-20(23)10-17-33-25/h2-4,6-10,17-18H,5,11-16H2,1H3,(H,27,31). The van der Waals surface area contributed by atoms with Gasteiger partial charge in [0.25, 0.3) is 5.91 Å². The molecule has 6 nitrogen and oxygen atoms in total. The molecule has 0 bridgehead atoms. The number of aromatic nitrogens is 1. The van der Waals surface area contributed by atoms with E-state index in [0.29, 0.717) is 18.1 Å². The second-order valence-electron chi connectivity index (χ2n) is 8.24. The van der Waals surface area contributed by atoms with Gasteiger partial charge in [-0.25, -0.2) is 4.98 Å². The highest BCUT2D eigenvalue weighted by molar-refractivity contribution is 7.17. The van der Waals surface area contributed by atoms with Gasteiger partial charge < -0.3 is 15.0 Å². The number of carbonyl (C=O) groups is 1. The molecule has 0 saturated carbocycles. The van der Waals surface area contributed by atoms with Crippen molar-refractivity contribution >= 4 is 43.9 Å². The molecule has 2 aromatic carbocycles. The van der Waals surface area contributed by atoms with Crippen LogP contribution in [0.2, 0.25) is 0 Å². The summed E-state index contributed by atoms with van der Waals surface area (Å²) in [6.07, 6.45) is 0.937. The Bertz CT molecular complexity index is 1260. The Morgan fingerprint density at radius 1 is 1.06 bits per heavy atom. The van der Waals surface area contributed by atoms with E-state index < -0.39 is 0 Å². The van der Waals surface area contributed by atoms with E-state index in [0.717, 1.165) is 50.0 Å². The molecule has 1 fully saturated rings. The van der Waals surface area contributed by atoms with Crippen molar-refractivity contribution in [2.24, 2.45) is 0 Å². The van der Waals surface area contributed by atoms with Gasteiger partial charge in [-0.3, -0.25) is 9.69 Å². The number of nitrogens with one attached hydrogen (secondary N) is 1. The van der Waals surface area contributed by atoms with E-state index in [1.807, 2.05) is 24.3 Å². The van der Waals surface area contributed by atoms with Crippen LogP contribution in [-0.4, -0.2) is 62.2 Å².